The summed E-state index contributed by atoms with van der Waals surface area (Å²) in [7, 11) is 0. The number of carbonyl (C=O) groups is 1. The lowest BCUT2D eigenvalue weighted by atomic mass is 10.1. The molecule has 132 valence electrons. The Morgan fingerprint density at radius 1 is 1.24 bits per heavy atom. The van der Waals surface area contributed by atoms with E-state index in [-0.39, 0.29) is 18.1 Å². The van der Waals surface area contributed by atoms with Gasteiger partial charge in [-0.1, -0.05) is 35.3 Å². The second-order valence-corrected chi connectivity index (χ2v) is 6.12. The van der Waals surface area contributed by atoms with Crippen LogP contribution in [-0.2, 0) is 4.79 Å². The van der Waals surface area contributed by atoms with Crippen LogP contribution in [-0.4, -0.2) is 23.3 Å². The molecule has 0 aliphatic carbocycles. The minimum atomic E-state index is -0.236. The van der Waals surface area contributed by atoms with Crippen molar-refractivity contribution in [1.29, 1.82) is 0 Å². The molecule has 0 radical (unpaired) electrons. The molecule has 0 atom stereocenters. The Morgan fingerprint density at radius 2 is 2.00 bits per heavy atom. The van der Waals surface area contributed by atoms with Gasteiger partial charge in [-0.3, -0.25) is 4.79 Å². The fourth-order valence-electron chi connectivity index (χ4n) is 2.05. The van der Waals surface area contributed by atoms with E-state index >= 15 is 0 Å². The number of halogens is 2. The highest BCUT2D eigenvalue weighted by Gasteiger charge is 2.06. The number of aromatic hydroxyl groups is 1. The van der Waals surface area contributed by atoms with Crippen LogP contribution in [0.5, 0.6) is 11.5 Å². The molecule has 2 aromatic carbocycles. The zero-order valence-electron chi connectivity index (χ0n) is 13.6. The smallest absolute Gasteiger partial charge is 0.240 e. The van der Waals surface area contributed by atoms with Gasteiger partial charge in [0.05, 0.1) is 17.3 Å². The van der Waals surface area contributed by atoms with Gasteiger partial charge in [0.25, 0.3) is 0 Å². The quantitative estimate of drug-likeness (QED) is 0.424. The molecule has 2 N–H and O–H groups in total. The number of benzene rings is 2. The summed E-state index contributed by atoms with van der Waals surface area (Å²) >= 11 is 11.8. The number of amides is 1. The maximum Gasteiger partial charge on any atom is 0.240 e. The average molecular weight is 381 g/mol. The Hall–Kier alpha value is -2.24. The summed E-state index contributed by atoms with van der Waals surface area (Å²) in [5, 5.41) is 14.7. The molecule has 0 spiro atoms. The average Bonchev–Trinajstić information content (AvgIpc) is 2.58. The molecule has 0 aromatic heterocycles. The van der Waals surface area contributed by atoms with Crippen molar-refractivity contribution >= 4 is 34.8 Å². The number of rotatable bonds is 7. The highest BCUT2D eigenvalue weighted by molar-refractivity contribution is 6.35. The summed E-state index contributed by atoms with van der Waals surface area (Å²) in [4.78, 5) is 11.8. The van der Waals surface area contributed by atoms with Crippen LogP contribution in [0.3, 0.4) is 0 Å². The minimum absolute atomic E-state index is 0.117. The molecule has 0 fully saturated rings. The van der Waals surface area contributed by atoms with Crippen LogP contribution in [0.2, 0.25) is 10.0 Å². The molecule has 0 heterocycles. The third kappa shape index (κ3) is 5.96. The molecule has 2 rings (SSSR count). The van der Waals surface area contributed by atoms with Gasteiger partial charge in [0.2, 0.25) is 5.91 Å². The van der Waals surface area contributed by atoms with Gasteiger partial charge < -0.3 is 9.84 Å². The van der Waals surface area contributed by atoms with E-state index < -0.39 is 0 Å². The van der Waals surface area contributed by atoms with Gasteiger partial charge in [-0.25, -0.2) is 5.43 Å². The van der Waals surface area contributed by atoms with Crippen LogP contribution >= 0.6 is 23.2 Å². The van der Waals surface area contributed by atoms with Gasteiger partial charge in [0.1, 0.15) is 11.5 Å². The topological polar surface area (TPSA) is 70.9 Å². The van der Waals surface area contributed by atoms with E-state index in [0.717, 1.165) is 0 Å². The van der Waals surface area contributed by atoms with Gasteiger partial charge in [0.15, 0.2) is 0 Å². The second kappa shape index (κ2) is 9.30. The maximum absolute atomic E-state index is 11.8. The number of nitrogens with one attached hydrogen (secondary N) is 1. The van der Waals surface area contributed by atoms with Gasteiger partial charge in [-0.05, 0) is 43.7 Å². The number of carbonyl (C=O) groups excluding carboxylic acids is 1. The van der Waals surface area contributed by atoms with Gasteiger partial charge in [0, 0.05) is 17.0 Å². The molecule has 0 saturated heterocycles. The molecule has 5 nitrogen and oxygen atoms in total. The zero-order chi connectivity index (χ0) is 18.2. The SMILES string of the molecule is C/C(=N\NC(=O)CCCOc1ccc(Cl)cc1Cl)c1ccccc1O. The van der Waals surface area contributed by atoms with Crippen molar-refractivity contribution in [2.45, 2.75) is 19.8 Å². The zero-order valence-corrected chi connectivity index (χ0v) is 15.1. The number of hydrogen-bond donors (Lipinski definition) is 2. The highest BCUT2D eigenvalue weighted by atomic mass is 35.5. The summed E-state index contributed by atoms with van der Waals surface area (Å²) in [5.74, 6) is 0.409. The van der Waals surface area contributed by atoms with E-state index in [0.29, 0.717) is 40.1 Å². The number of hydrazone groups is 1. The third-order valence-corrected chi connectivity index (χ3v) is 3.87. The van der Waals surface area contributed by atoms with Crippen molar-refractivity contribution in [3.63, 3.8) is 0 Å². The van der Waals surface area contributed by atoms with Crippen molar-refractivity contribution in [3.8, 4) is 11.5 Å². The fraction of sp³-hybridized carbons (Fsp3) is 0.222. The lowest BCUT2D eigenvalue weighted by molar-refractivity contribution is -0.121. The van der Waals surface area contributed by atoms with Crippen LogP contribution in [0.4, 0.5) is 0 Å². The Balaban J connectivity index is 1.75. The predicted molar refractivity (Wildman–Crippen MR) is 99.7 cm³/mol. The van der Waals surface area contributed by atoms with Crippen molar-refractivity contribution in [2.24, 2.45) is 5.10 Å². The Labute approximate surface area is 156 Å². The molecule has 1 amide bonds. The predicted octanol–water partition coefficient (Wildman–Crippen LogP) is 4.40. The lowest BCUT2D eigenvalue weighted by Gasteiger charge is -2.08. The summed E-state index contributed by atoms with van der Waals surface area (Å²) in [6.07, 6.45) is 0.763. The van der Waals surface area contributed by atoms with Crippen LogP contribution in [0.1, 0.15) is 25.3 Å². The van der Waals surface area contributed by atoms with Crippen molar-refractivity contribution in [2.75, 3.05) is 6.61 Å². The third-order valence-electron chi connectivity index (χ3n) is 3.34. The normalized spacial score (nSPS) is 11.2. The lowest BCUT2D eigenvalue weighted by Crippen LogP contribution is -2.19. The van der Waals surface area contributed by atoms with E-state index in [1.54, 1.807) is 49.4 Å². The molecule has 0 saturated carbocycles. The Bertz CT molecular complexity index is 779. The van der Waals surface area contributed by atoms with E-state index in [4.69, 9.17) is 27.9 Å². The first-order chi connectivity index (χ1) is 12.0. The summed E-state index contributed by atoms with van der Waals surface area (Å²) in [6, 6.07) is 11.8. The number of nitrogens with zero attached hydrogens (tertiary/aromatic N) is 1. The number of phenolic OH excluding ortho intramolecular Hbond substituents is 1. The van der Waals surface area contributed by atoms with Gasteiger partial charge in [-0.2, -0.15) is 5.10 Å². The number of para-hydroxylation sites is 1. The first-order valence-corrected chi connectivity index (χ1v) is 8.42. The minimum Gasteiger partial charge on any atom is -0.507 e. The Morgan fingerprint density at radius 3 is 2.72 bits per heavy atom. The molecular weight excluding hydrogens is 363 g/mol. The maximum atomic E-state index is 11.8. The largest absolute Gasteiger partial charge is 0.507 e. The van der Waals surface area contributed by atoms with Crippen LogP contribution in [0.25, 0.3) is 0 Å². The molecule has 0 unspecified atom stereocenters. The molecule has 0 aliphatic rings. The standard InChI is InChI=1S/C18H18Cl2N2O3/c1-12(14-5-2-3-6-16(14)23)21-22-18(24)7-4-10-25-17-9-8-13(19)11-15(17)20/h2-3,5-6,8-9,11,23H,4,7,10H2,1H3,(H,22,24)/b21-12+. The van der Waals surface area contributed by atoms with E-state index in [2.05, 4.69) is 10.5 Å². The van der Waals surface area contributed by atoms with E-state index in [9.17, 15) is 9.90 Å². The van der Waals surface area contributed by atoms with Crippen LogP contribution in [0, 0.1) is 0 Å². The van der Waals surface area contributed by atoms with Crippen molar-refractivity contribution < 1.29 is 14.6 Å². The Kier molecular flexibility index (Phi) is 7.10. The number of phenols is 1. The van der Waals surface area contributed by atoms with Crippen LogP contribution < -0.4 is 10.2 Å². The summed E-state index contributed by atoms with van der Waals surface area (Å²) in [6.45, 7) is 2.05. The van der Waals surface area contributed by atoms with Crippen molar-refractivity contribution in [1.82, 2.24) is 5.43 Å². The molecule has 7 heteroatoms. The molecular formula is C18H18Cl2N2O3. The molecule has 0 aliphatic heterocycles. The first kappa shape index (κ1) is 19.1. The summed E-state index contributed by atoms with van der Waals surface area (Å²) < 4.78 is 5.51. The van der Waals surface area contributed by atoms with Crippen molar-refractivity contribution in [3.05, 3.63) is 58.1 Å². The number of ether oxygens (including phenoxy) is 1. The monoisotopic (exact) mass is 380 g/mol. The summed E-state index contributed by atoms with van der Waals surface area (Å²) in [5.41, 5.74) is 3.56. The molecule has 0 bridgehead atoms. The fourth-order valence-corrected chi connectivity index (χ4v) is 2.51. The first-order valence-electron chi connectivity index (χ1n) is 7.66. The molecule has 2 aromatic rings. The van der Waals surface area contributed by atoms with E-state index in [1.807, 2.05) is 0 Å². The van der Waals surface area contributed by atoms with Crippen LogP contribution in [0.15, 0.2) is 47.6 Å². The van der Waals surface area contributed by atoms with Gasteiger partial charge >= 0.3 is 0 Å². The second-order valence-electron chi connectivity index (χ2n) is 5.28. The molecule has 25 heavy (non-hydrogen) atoms. The highest BCUT2D eigenvalue weighted by Crippen LogP contribution is 2.27. The van der Waals surface area contributed by atoms with Gasteiger partial charge in [-0.15, -0.1) is 0 Å². The van der Waals surface area contributed by atoms with E-state index in [1.165, 1.54) is 0 Å². The number of hydrogen-bond acceptors (Lipinski definition) is 4.